The predicted octanol–water partition coefficient (Wildman–Crippen LogP) is 4.30. The van der Waals surface area contributed by atoms with Gasteiger partial charge in [-0.1, -0.05) is 6.92 Å². The lowest BCUT2D eigenvalue weighted by Gasteiger charge is -2.36. The van der Waals surface area contributed by atoms with E-state index in [1.54, 1.807) is 78.6 Å². The van der Waals surface area contributed by atoms with Crippen molar-refractivity contribution in [3.63, 3.8) is 0 Å². The van der Waals surface area contributed by atoms with Crippen molar-refractivity contribution in [1.82, 2.24) is 19.8 Å². The second-order valence-electron chi connectivity index (χ2n) is 11.6. The quantitative estimate of drug-likeness (QED) is 0.401. The van der Waals surface area contributed by atoms with Gasteiger partial charge in [0.1, 0.15) is 5.75 Å². The Balaban J connectivity index is 1.63. The summed E-state index contributed by atoms with van der Waals surface area (Å²) in [5.74, 6) is -0.617. The number of ether oxygens (including phenoxy) is 2. The van der Waals surface area contributed by atoms with Gasteiger partial charge in [0.05, 0.1) is 30.4 Å². The first kappa shape index (κ1) is 33.5. The lowest BCUT2D eigenvalue weighted by Crippen LogP contribution is -2.48. The summed E-state index contributed by atoms with van der Waals surface area (Å²) >= 11 is 0. The van der Waals surface area contributed by atoms with Crippen molar-refractivity contribution in [1.29, 1.82) is 0 Å². The number of aliphatic hydroxyl groups excluding tert-OH is 1. The van der Waals surface area contributed by atoms with Crippen LogP contribution in [0.15, 0.2) is 67.3 Å². The van der Waals surface area contributed by atoms with E-state index >= 15 is 0 Å². The molecule has 3 amide bonds. The first-order valence-electron chi connectivity index (χ1n) is 15.4. The highest BCUT2D eigenvalue weighted by Crippen LogP contribution is 2.29. The standard InChI is InChI=1S/C34H43N5O6/c1-23-20-39(24(2)22-40)34(43)29-19-28(37-32(41)26-10-14-35-15-11-26)8-9-30(29)45-25(3)7-5-6-18-44-31(23)21-38(4)33(42)27-12-16-36-17-13-27/h8-17,19,23-25,31,40H,5-7,18,20-22H2,1-4H3,(H,37,41)/t23-,24+,25+,31-/m1/s1. The number of anilines is 1. The van der Waals surface area contributed by atoms with Crippen LogP contribution in [-0.4, -0.2) is 94.2 Å². The van der Waals surface area contributed by atoms with E-state index in [0.717, 1.165) is 19.3 Å². The average molecular weight is 618 g/mol. The summed E-state index contributed by atoms with van der Waals surface area (Å²) in [6.07, 6.45) is 8.09. The smallest absolute Gasteiger partial charge is 0.258 e. The van der Waals surface area contributed by atoms with Crippen molar-refractivity contribution in [2.24, 2.45) is 5.92 Å². The summed E-state index contributed by atoms with van der Waals surface area (Å²) in [5.41, 5.74) is 1.68. The summed E-state index contributed by atoms with van der Waals surface area (Å²) < 4.78 is 12.6. The van der Waals surface area contributed by atoms with E-state index < -0.39 is 6.04 Å². The maximum Gasteiger partial charge on any atom is 0.258 e. The zero-order valence-electron chi connectivity index (χ0n) is 26.4. The van der Waals surface area contributed by atoms with Gasteiger partial charge in [0, 0.05) is 74.3 Å². The second-order valence-corrected chi connectivity index (χ2v) is 11.6. The molecule has 11 nitrogen and oxygen atoms in total. The van der Waals surface area contributed by atoms with Gasteiger partial charge >= 0.3 is 0 Å². The minimum atomic E-state index is -0.523. The summed E-state index contributed by atoms with van der Waals surface area (Å²) in [6.45, 7) is 6.54. The SMILES string of the molecule is C[C@@H]1CN([C@@H](C)CO)C(=O)c2cc(NC(=O)c3ccncc3)ccc2O[C@@H](C)CCCCO[C@@H]1CN(C)C(=O)c1ccncc1. The average Bonchev–Trinajstić information content (AvgIpc) is 3.06. The molecule has 0 spiro atoms. The number of carbonyl (C=O) groups excluding carboxylic acids is 3. The van der Waals surface area contributed by atoms with Gasteiger partial charge in [-0.25, -0.2) is 0 Å². The monoisotopic (exact) mass is 617 g/mol. The van der Waals surface area contributed by atoms with Crippen LogP contribution in [0.25, 0.3) is 0 Å². The minimum Gasteiger partial charge on any atom is -0.490 e. The predicted molar refractivity (Wildman–Crippen MR) is 170 cm³/mol. The highest BCUT2D eigenvalue weighted by molar-refractivity contribution is 6.05. The Labute approximate surface area is 264 Å². The van der Waals surface area contributed by atoms with Crippen molar-refractivity contribution in [3.8, 4) is 5.75 Å². The van der Waals surface area contributed by atoms with Crippen molar-refractivity contribution in [2.75, 3.05) is 38.7 Å². The molecule has 1 aliphatic heterocycles. The van der Waals surface area contributed by atoms with Gasteiger partial charge < -0.3 is 29.7 Å². The fourth-order valence-electron chi connectivity index (χ4n) is 5.24. The van der Waals surface area contributed by atoms with Crippen LogP contribution in [0.2, 0.25) is 0 Å². The third-order valence-electron chi connectivity index (χ3n) is 7.98. The number of rotatable bonds is 7. The van der Waals surface area contributed by atoms with Crippen LogP contribution in [-0.2, 0) is 4.74 Å². The molecule has 0 unspecified atom stereocenters. The largest absolute Gasteiger partial charge is 0.490 e. The van der Waals surface area contributed by atoms with Crippen molar-refractivity contribution in [2.45, 2.75) is 58.3 Å². The Kier molecular flexibility index (Phi) is 12.0. The molecule has 11 heteroatoms. The van der Waals surface area contributed by atoms with Crippen LogP contribution < -0.4 is 10.1 Å². The summed E-state index contributed by atoms with van der Waals surface area (Å²) in [6, 6.07) is 11.1. The third kappa shape index (κ3) is 9.09. The number of hydrogen-bond donors (Lipinski definition) is 2. The Morgan fingerprint density at radius 3 is 2.38 bits per heavy atom. The van der Waals surface area contributed by atoms with Gasteiger partial charge in [-0.2, -0.15) is 0 Å². The molecule has 0 bridgehead atoms. The van der Waals surface area contributed by atoms with Crippen molar-refractivity contribution < 1.29 is 29.0 Å². The Morgan fingerprint density at radius 1 is 1.04 bits per heavy atom. The molecule has 0 aliphatic carbocycles. The Hall–Kier alpha value is -4.35. The molecule has 0 radical (unpaired) electrons. The molecule has 45 heavy (non-hydrogen) atoms. The molecule has 240 valence electrons. The summed E-state index contributed by atoms with van der Waals surface area (Å²) in [5, 5.41) is 13.0. The van der Waals surface area contributed by atoms with Gasteiger partial charge in [-0.3, -0.25) is 24.4 Å². The van der Waals surface area contributed by atoms with Gasteiger partial charge in [0.25, 0.3) is 17.7 Å². The van der Waals surface area contributed by atoms with Gasteiger partial charge in [-0.05, 0) is 75.6 Å². The molecule has 0 fully saturated rings. The molecule has 3 aromatic rings. The minimum absolute atomic E-state index is 0.148. The van der Waals surface area contributed by atoms with E-state index in [2.05, 4.69) is 15.3 Å². The van der Waals surface area contributed by atoms with E-state index in [1.807, 2.05) is 13.8 Å². The molecular weight excluding hydrogens is 574 g/mol. The number of nitrogens with zero attached hydrogens (tertiary/aromatic N) is 4. The number of nitrogens with one attached hydrogen (secondary N) is 1. The van der Waals surface area contributed by atoms with Crippen molar-refractivity contribution in [3.05, 3.63) is 83.9 Å². The van der Waals surface area contributed by atoms with E-state index in [1.165, 1.54) is 12.4 Å². The number of pyridine rings is 2. The number of amides is 3. The fourth-order valence-corrected chi connectivity index (χ4v) is 5.24. The zero-order valence-corrected chi connectivity index (χ0v) is 26.4. The molecule has 2 aromatic heterocycles. The number of fused-ring (bicyclic) bond motifs is 1. The van der Waals surface area contributed by atoms with Crippen LogP contribution in [0, 0.1) is 5.92 Å². The first-order valence-corrected chi connectivity index (χ1v) is 15.4. The zero-order chi connectivity index (χ0) is 32.3. The van der Waals surface area contributed by atoms with E-state index in [9.17, 15) is 19.5 Å². The van der Waals surface area contributed by atoms with E-state index in [4.69, 9.17) is 9.47 Å². The molecule has 0 saturated heterocycles. The van der Waals surface area contributed by atoms with Crippen LogP contribution >= 0.6 is 0 Å². The topological polar surface area (TPSA) is 134 Å². The maximum atomic E-state index is 14.3. The number of aromatic nitrogens is 2. The number of benzene rings is 1. The van der Waals surface area contributed by atoms with E-state index in [0.29, 0.717) is 35.7 Å². The van der Waals surface area contributed by atoms with Gasteiger partial charge in [0.2, 0.25) is 0 Å². The maximum absolute atomic E-state index is 14.3. The molecule has 1 aliphatic rings. The van der Waals surface area contributed by atoms with Crippen molar-refractivity contribution >= 4 is 23.4 Å². The normalized spacial score (nSPS) is 20.2. The number of hydrogen-bond acceptors (Lipinski definition) is 8. The lowest BCUT2D eigenvalue weighted by atomic mass is 10.0. The first-order chi connectivity index (χ1) is 21.7. The molecule has 4 atom stereocenters. The number of likely N-dealkylation sites (N-methyl/N-ethyl adjacent to an activating group) is 1. The molecule has 0 saturated carbocycles. The summed E-state index contributed by atoms with van der Waals surface area (Å²) in [4.78, 5) is 51.5. The van der Waals surface area contributed by atoms with Crippen LogP contribution in [0.1, 0.15) is 71.1 Å². The molecule has 1 aromatic carbocycles. The third-order valence-corrected chi connectivity index (χ3v) is 7.98. The van der Waals surface area contributed by atoms with Crippen LogP contribution in [0.4, 0.5) is 5.69 Å². The van der Waals surface area contributed by atoms with Crippen LogP contribution in [0.5, 0.6) is 5.75 Å². The molecule has 3 heterocycles. The van der Waals surface area contributed by atoms with Gasteiger partial charge in [0.15, 0.2) is 0 Å². The Bertz CT molecular complexity index is 1420. The highest BCUT2D eigenvalue weighted by Gasteiger charge is 2.31. The van der Waals surface area contributed by atoms with Crippen LogP contribution in [0.3, 0.4) is 0 Å². The molecule has 4 rings (SSSR count). The molecule has 2 N–H and O–H groups in total. The highest BCUT2D eigenvalue weighted by atomic mass is 16.5. The summed E-state index contributed by atoms with van der Waals surface area (Å²) in [7, 11) is 1.74. The fraction of sp³-hybridized carbons (Fsp3) is 0.441. The van der Waals surface area contributed by atoms with E-state index in [-0.39, 0.29) is 54.6 Å². The number of carbonyl (C=O) groups is 3. The second kappa shape index (κ2) is 16.1. The Morgan fingerprint density at radius 2 is 1.71 bits per heavy atom. The van der Waals surface area contributed by atoms with Gasteiger partial charge in [-0.15, -0.1) is 0 Å². The molecular formula is C34H43N5O6. The lowest BCUT2D eigenvalue weighted by molar-refractivity contribution is -0.0149. The number of aliphatic hydroxyl groups is 1.